The SMILES string of the molecule is CC(O)c1ccccc1NCc1csc2ccccc12. The summed E-state index contributed by atoms with van der Waals surface area (Å²) in [6.45, 7) is 2.56. The lowest BCUT2D eigenvalue weighted by molar-refractivity contribution is 0.200. The van der Waals surface area contributed by atoms with Gasteiger partial charge in [0.25, 0.3) is 0 Å². The lowest BCUT2D eigenvalue weighted by Gasteiger charge is -2.13. The highest BCUT2D eigenvalue weighted by atomic mass is 32.1. The standard InChI is InChI=1S/C17H17NOS/c1-12(19)14-6-2-4-8-16(14)18-10-13-11-20-17-9-5-3-7-15(13)17/h2-9,11-12,18-19H,10H2,1H3. The first-order valence-corrected chi connectivity index (χ1v) is 7.59. The molecule has 0 aliphatic rings. The summed E-state index contributed by atoms with van der Waals surface area (Å²) in [5.74, 6) is 0. The van der Waals surface area contributed by atoms with Gasteiger partial charge in [-0.3, -0.25) is 0 Å². The van der Waals surface area contributed by atoms with Crippen molar-refractivity contribution in [3.63, 3.8) is 0 Å². The molecule has 0 saturated heterocycles. The van der Waals surface area contributed by atoms with Crippen LogP contribution in [-0.2, 0) is 6.54 Å². The van der Waals surface area contributed by atoms with E-state index in [-0.39, 0.29) is 0 Å². The zero-order chi connectivity index (χ0) is 13.9. The van der Waals surface area contributed by atoms with Crippen LogP contribution in [-0.4, -0.2) is 5.11 Å². The number of hydrogen-bond acceptors (Lipinski definition) is 3. The van der Waals surface area contributed by atoms with Crippen LogP contribution in [0.5, 0.6) is 0 Å². The molecule has 1 atom stereocenters. The van der Waals surface area contributed by atoms with Gasteiger partial charge < -0.3 is 10.4 Å². The number of thiophene rings is 1. The minimum atomic E-state index is -0.460. The minimum absolute atomic E-state index is 0.460. The molecule has 0 aliphatic carbocycles. The molecule has 0 spiro atoms. The second kappa shape index (κ2) is 5.65. The monoisotopic (exact) mass is 283 g/mol. The van der Waals surface area contributed by atoms with Crippen LogP contribution in [0.1, 0.15) is 24.2 Å². The van der Waals surface area contributed by atoms with Gasteiger partial charge in [-0.05, 0) is 35.4 Å². The van der Waals surface area contributed by atoms with Gasteiger partial charge >= 0.3 is 0 Å². The summed E-state index contributed by atoms with van der Waals surface area (Å²) < 4.78 is 1.31. The van der Waals surface area contributed by atoms with Gasteiger partial charge in [-0.2, -0.15) is 0 Å². The average molecular weight is 283 g/mol. The van der Waals surface area contributed by atoms with Crippen molar-refractivity contribution in [2.24, 2.45) is 0 Å². The molecule has 1 aromatic heterocycles. The smallest absolute Gasteiger partial charge is 0.0781 e. The van der Waals surface area contributed by atoms with Gasteiger partial charge in [0, 0.05) is 22.5 Å². The molecule has 3 heteroatoms. The molecule has 102 valence electrons. The molecular weight excluding hydrogens is 266 g/mol. The summed E-state index contributed by atoms with van der Waals surface area (Å²) in [5, 5.41) is 16.7. The first-order valence-electron chi connectivity index (χ1n) is 6.71. The van der Waals surface area contributed by atoms with Crippen LogP contribution in [0.25, 0.3) is 10.1 Å². The van der Waals surface area contributed by atoms with E-state index in [1.165, 1.54) is 15.6 Å². The summed E-state index contributed by atoms with van der Waals surface area (Å²) in [5.41, 5.74) is 3.23. The fourth-order valence-corrected chi connectivity index (χ4v) is 3.35. The molecule has 0 radical (unpaired) electrons. The number of aliphatic hydroxyl groups excluding tert-OH is 1. The molecule has 20 heavy (non-hydrogen) atoms. The molecule has 0 aliphatic heterocycles. The van der Waals surface area contributed by atoms with E-state index in [0.717, 1.165) is 17.8 Å². The quantitative estimate of drug-likeness (QED) is 0.735. The predicted octanol–water partition coefficient (Wildman–Crippen LogP) is 4.57. The third-order valence-corrected chi connectivity index (χ3v) is 4.45. The molecule has 3 rings (SSSR count). The van der Waals surface area contributed by atoms with E-state index in [0.29, 0.717) is 0 Å². The van der Waals surface area contributed by atoms with Crippen molar-refractivity contribution < 1.29 is 5.11 Å². The summed E-state index contributed by atoms with van der Waals surface area (Å²) in [6, 6.07) is 16.3. The van der Waals surface area contributed by atoms with Gasteiger partial charge in [0.1, 0.15) is 0 Å². The summed E-state index contributed by atoms with van der Waals surface area (Å²) in [4.78, 5) is 0. The second-order valence-corrected chi connectivity index (χ2v) is 5.79. The summed E-state index contributed by atoms with van der Waals surface area (Å²) in [6.07, 6.45) is -0.460. The third kappa shape index (κ3) is 2.55. The number of rotatable bonds is 4. The van der Waals surface area contributed by atoms with Crippen molar-refractivity contribution in [2.45, 2.75) is 19.6 Å². The Kier molecular flexibility index (Phi) is 3.72. The number of para-hydroxylation sites is 1. The average Bonchev–Trinajstić information content (AvgIpc) is 2.88. The van der Waals surface area contributed by atoms with E-state index < -0.39 is 6.10 Å². The Morgan fingerprint density at radius 3 is 2.70 bits per heavy atom. The minimum Gasteiger partial charge on any atom is -0.389 e. The Bertz CT molecular complexity index is 718. The predicted molar refractivity (Wildman–Crippen MR) is 86.2 cm³/mol. The molecule has 3 aromatic rings. The zero-order valence-corrected chi connectivity index (χ0v) is 12.2. The van der Waals surface area contributed by atoms with Gasteiger partial charge in [0.05, 0.1) is 6.10 Å². The second-order valence-electron chi connectivity index (χ2n) is 4.87. The van der Waals surface area contributed by atoms with Crippen molar-refractivity contribution in [3.8, 4) is 0 Å². The van der Waals surface area contributed by atoms with Gasteiger partial charge in [-0.25, -0.2) is 0 Å². The van der Waals surface area contributed by atoms with Crippen molar-refractivity contribution in [1.29, 1.82) is 0 Å². The van der Waals surface area contributed by atoms with Crippen LogP contribution in [0.4, 0.5) is 5.69 Å². The first-order chi connectivity index (χ1) is 9.75. The molecule has 0 saturated carbocycles. The summed E-state index contributed by atoms with van der Waals surface area (Å²) >= 11 is 1.77. The maximum atomic E-state index is 9.80. The van der Waals surface area contributed by atoms with Crippen molar-refractivity contribution in [2.75, 3.05) is 5.32 Å². The fourth-order valence-electron chi connectivity index (χ4n) is 2.38. The van der Waals surface area contributed by atoms with E-state index in [1.807, 2.05) is 24.3 Å². The van der Waals surface area contributed by atoms with Crippen molar-refractivity contribution >= 4 is 27.1 Å². The molecule has 2 N–H and O–H groups in total. The molecule has 2 aromatic carbocycles. The Labute approximate surface area is 122 Å². The lowest BCUT2D eigenvalue weighted by Crippen LogP contribution is -2.03. The van der Waals surface area contributed by atoms with Gasteiger partial charge in [-0.1, -0.05) is 36.4 Å². The topological polar surface area (TPSA) is 32.3 Å². The normalized spacial score (nSPS) is 12.5. The highest BCUT2D eigenvalue weighted by Gasteiger charge is 2.08. The maximum Gasteiger partial charge on any atom is 0.0781 e. The highest BCUT2D eigenvalue weighted by molar-refractivity contribution is 7.17. The Morgan fingerprint density at radius 1 is 1.10 bits per heavy atom. The molecule has 0 bridgehead atoms. The molecule has 1 unspecified atom stereocenters. The Balaban J connectivity index is 1.83. The number of hydrogen-bond donors (Lipinski definition) is 2. The number of fused-ring (bicyclic) bond motifs is 1. The van der Waals surface area contributed by atoms with Crippen LogP contribution >= 0.6 is 11.3 Å². The largest absolute Gasteiger partial charge is 0.389 e. The van der Waals surface area contributed by atoms with Crippen LogP contribution in [0.15, 0.2) is 53.9 Å². The molecule has 0 fully saturated rings. The molecule has 1 heterocycles. The first kappa shape index (κ1) is 13.2. The number of benzene rings is 2. The third-order valence-electron chi connectivity index (χ3n) is 3.44. The van der Waals surface area contributed by atoms with Crippen LogP contribution in [0.3, 0.4) is 0 Å². The van der Waals surface area contributed by atoms with Crippen LogP contribution in [0, 0.1) is 0 Å². The van der Waals surface area contributed by atoms with Crippen molar-refractivity contribution in [1.82, 2.24) is 0 Å². The van der Waals surface area contributed by atoms with E-state index in [4.69, 9.17) is 0 Å². The lowest BCUT2D eigenvalue weighted by atomic mass is 10.1. The molecule has 0 amide bonds. The van der Waals surface area contributed by atoms with Gasteiger partial charge in [0.15, 0.2) is 0 Å². The summed E-state index contributed by atoms with van der Waals surface area (Å²) in [7, 11) is 0. The van der Waals surface area contributed by atoms with E-state index in [2.05, 4.69) is 35.0 Å². The molecular formula is C17H17NOS. The zero-order valence-electron chi connectivity index (χ0n) is 11.3. The Hall–Kier alpha value is -1.84. The van der Waals surface area contributed by atoms with Crippen molar-refractivity contribution in [3.05, 3.63) is 65.0 Å². The Morgan fingerprint density at radius 2 is 1.85 bits per heavy atom. The van der Waals surface area contributed by atoms with E-state index in [9.17, 15) is 5.11 Å². The van der Waals surface area contributed by atoms with Gasteiger partial charge in [0.2, 0.25) is 0 Å². The molecule has 2 nitrogen and oxygen atoms in total. The number of nitrogens with one attached hydrogen (secondary N) is 1. The van der Waals surface area contributed by atoms with E-state index >= 15 is 0 Å². The van der Waals surface area contributed by atoms with Crippen LogP contribution in [0.2, 0.25) is 0 Å². The van der Waals surface area contributed by atoms with Gasteiger partial charge in [-0.15, -0.1) is 11.3 Å². The van der Waals surface area contributed by atoms with E-state index in [1.54, 1.807) is 18.3 Å². The highest BCUT2D eigenvalue weighted by Crippen LogP contribution is 2.28. The van der Waals surface area contributed by atoms with Crippen LogP contribution < -0.4 is 5.32 Å². The number of aliphatic hydroxyl groups is 1. The fraction of sp³-hybridized carbons (Fsp3) is 0.176. The maximum absolute atomic E-state index is 9.80. The number of anilines is 1.